The third kappa shape index (κ3) is 3.58. The Hall–Kier alpha value is -2.22. The number of hydrogen-bond donors (Lipinski definition) is 2. The van der Waals surface area contributed by atoms with Gasteiger partial charge < -0.3 is 9.52 Å². The second-order valence-corrected chi connectivity index (χ2v) is 6.87. The Kier molecular flexibility index (Phi) is 4.42. The third-order valence-corrected chi connectivity index (χ3v) is 4.79. The Morgan fingerprint density at radius 2 is 2.00 bits per heavy atom. The molecule has 120 valence electrons. The number of hydrogen-bond acceptors (Lipinski definition) is 5. The Bertz CT molecular complexity index is 886. The number of nitrogens with one attached hydrogen (secondary N) is 1. The molecule has 0 spiro atoms. The van der Waals surface area contributed by atoms with E-state index in [0.717, 1.165) is 5.39 Å². The van der Waals surface area contributed by atoms with Gasteiger partial charge in [-0.15, -0.1) is 0 Å². The van der Waals surface area contributed by atoms with Crippen LogP contribution in [0.1, 0.15) is 17.4 Å². The quantitative estimate of drug-likeness (QED) is 0.720. The summed E-state index contributed by atoms with van der Waals surface area (Å²) in [5.74, 6) is 0.144. The van der Waals surface area contributed by atoms with E-state index in [1.54, 1.807) is 36.5 Å². The van der Waals surface area contributed by atoms with E-state index >= 15 is 0 Å². The molecule has 0 aliphatic carbocycles. The largest absolute Gasteiger partial charge is 0.468 e. The topological polar surface area (TPSA) is 92.4 Å². The summed E-state index contributed by atoms with van der Waals surface area (Å²) < 4.78 is 32.4. The van der Waals surface area contributed by atoms with Crippen LogP contribution in [0.25, 0.3) is 10.9 Å². The van der Waals surface area contributed by atoms with Gasteiger partial charge in [-0.25, -0.2) is 13.1 Å². The number of para-hydroxylation sites is 1. The van der Waals surface area contributed by atoms with E-state index in [-0.39, 0.29) is 12.4 Å². The summed E-state index contributed by atoms with van der Waals surface area (Å²) in [6, 6.07) is 11.5. The number of benzene rings is 1. The van der Waals surface area contributed by atoms with Crippen LogP contribution in [0.3, 0.4) is 0 Å². The van der Waals surface area contributed by atoms with Gasteiger partial charge in [0.1, 0.15) is 11.8 Å². The van der Waals surface area contributed by atoms with Crippen LogP contribution in [0.5, 0.6) is 0 Å². The highest BCUT2D eigenvalue weighted by Crippen LogP contribution is 2.20. The monoisotopic (exact) mass is 332 g/mol. The van der Waals surface area contributed by atoms with Gasteiger partial charge in [0.25, 0.3) is 0 Å². The van der Waals surface area contributed by atoms with Crippen molar-refractivity contribution in [2.75, 3.05) is 6.61 Å². The van der Waals surface area contributed by atoms with Gasteiger partial charge in [-0.2, -0.15) is 0 Å². The molecule has 0 amide bonds. The van der Waals surface area contributed by atoms with Crippen molar-refractivity contribution in [1.82, 2.24) is 9.71 Å². The average Bonchev–Trinajstić information content (AvgIpc) is 3.07. The van der Waals surface area contributed by atoms with Crippen LogP contribution in [-0.4, -0.2) is 25.1 Å². The SMILES string of the molecule is O=S(=O)(Cc1cccc2cccnc12)N[C@@H](CO)c1ccco1. The summed E-state index contributed by atoms with van der Waals surface area (Å²) in [7, 11) is -3.67. The molecule has 2 N–H and O–H groups in total. The number of fused-ring (bicyclic) bond motifs is 1. The van der Waals surface area contributed by atoms with Gasteiger partial charge in [-0.1, -0.05) is 24.3 Å². The Morgan fingerprint density at radius 1 is 1.17 bits per heavy atom. The number of pyridine rings is 1. The number of nitrogens with zero attached hydrogens (tertiary/aromatic N) is 1. The first-order valence-electron chi connectivity index (χ1n) is 7.06. The van der Waals surface area contributed by atoms with Crippen molar-refractivity contribution in [3.05, 3.63) is 66.2 Å². The first-order chi connectivity index (χ1) is 11.1. The standard InChI is InChI=1S/C16H16N2O4S/c19-10-14(15-7-3-9-22-15)18-23(20,21)11-13-5-1-4-12-6-2-8-17-16(12)13/h1-9,14,18-19H,10-11H2/t14-/m0/s1. The van der Waals surface area contributed by atoms with Gasteiger partial charge >= 0.3 is 0 Å². The molecule has 3 aromatic rings. The molecule has 0 radical (unpaired) electrons. The summed E-state index contributed by atoms with van der Waals surface area (Å²) in [4.78, 5) is 4.25. The number of aromatic nitrogens is 1. The third-order valence-electron chi connectivity index (χ3n) is 3.45. The highest BCUT2D eigenvalue weighted by atomic mass is 32.2. The van der Waals surface area contributed by atoms with Crippen molar-refractivity contribution in [3.8, 4) is 0 Å². The predicted octanol–water partition coefficient (Wildman–Crippen LogP) is 1.98. The molecule has 3 rings (SSSR count). The molecule has 1 aromatic carbocycles. The molecule has 2 heterocycles. The fraction of sp³-hybridized carbons (Fsp3) is 0.188. The molecule has 0 aliphatic heterocycles. The van der Waals surface area contributed by atoms with Crippen LogP contribution in [0.2, 0.25) is 0 Å². The van der Waals surface area contributed by atoms with Gasteiger partial charge in [0.2, 0.25) is 10.0 Å². The Labute approximate surface area is 133 Å². The zero-order chi connectivity index (χ0) is 16.3. The van der Waals surface area contributed by atoms with E-state index in [1.807, 2.05) is 12.1 Å². The molecule has 23 heavy (non-hydrogen) atoms. The van der Waals surface area contributed by atoms with E-state index in [1.165, 1.54) is 6.26 Å². The lowest BCUT2D eigenvalue weighted by Gasteiger charge is -2.14. The van der Waals surface area contributed by atoms with Gasteiger partial charge in [-0.05, 0) is 23.8 Å². The summed E-state index contributed by atoms with van der Waals surface area (Å²) in [6.07, 6.45) is 3.06. The molecule has 0 fully saturated rings. The molecule has 7 heteroatoms. The zero-order valence-electron chi connectivity index (χ0n) is 12.2. The van der Waals surface area contributed by atoms with E-state index in [2.05, 4.69) is 9.71 Å². The minimum absolute atomic E-state index is 0.224. The van der Waals surface area contributed by atoms with Crippen LogP contribution in [-0.2, 0) is 15.8 Å². The van der Waals surface area contributed by atoms with Gasteiger partial charge in [-0.3, -0.25) is 4.98 Å². The van der Waals surface area contributed by atoms with E-state index in [4.69, 9.17) is 4.42 Å². The maximum atomic E-state index is 12.4. The lowest BCUT2D eigenvalue weighted by atomic mass is 10.1. The smallest absolute Gasteiger partial charge is 0.216 e. The molecule has 6 nitrogen and oxygen atoms in total. The van der Waals surface area contributed by atoms with E-state index in [9.17, 15) is 13.5 Å². The van der Waals surface area contributed by atoms with E-state index in [0.29, 0.717) is 16.8 Å². The lowest BCUT2D eigenvalue weighted by Crippen LogP contribution is -2.31. The number of furan rings is 1. The van der Waals surface area contributed by atoms with Crippen molar-refractivity contribution in [2.24, 2.45) is 0 Å². The molecule has 0 saturated heterocycles. The number of aliphatic hydroxyl groups excluding tert-OH is 1. The summed E-state index contributed by atoms with van der Waals surface area (Å²) in [5, 5.41) is 10.3. The highest BCUT2D eigenvalue weighted by Gasteiger charge is 2.22. The molecular weight excluding hydrogens is 316 g/mol. The van der Waals surface area contributed by atoms with Gasteiger partial charge in [0.15, 0.2) is 0 Å². The minimum atomic E-state index is -3.67. The Morgan fingerprint density at radius 3 is 2.74 bits per heavy atom. The lowest BCUT2D eigenvalue weighted by molar-refractivity contribution is 0.242. The second kappa shape index (κ2) is 6.49. The van der Waals surface area contributed by atoms with Crippen LogP contribution in [0.4, 0.5) is 0 Å². The minimum Gasteiger partial charge on any atom is -0.468 e. The van der Waals surface area contributed by atoms with Gasteiger partial charge in [0, 0.05) is 11.6 Å². The molecule has 1 atom stereocenters. The fourth-order valence-corrected chi connectivity index (χ4v) is 3.77. The first-order valence-corrected chi connectivity index (χ1v) is 8.71. The molecule has 2 aromatic heterocycles. The van der Waals surface area contributed by atoms with Crippen LogP contribution >= 0.6 is 0 Å². The molecule has 0 bridgehead atoms. The molecule has 0 aliphatic rings. The maximum Gasteiger partial charge on any atom is 0.216 e. The van der Waals surface area contributed by atoms with Crippen LogP contribution in [0.15, 0.2) is 59.3 Å². The van der Waals surface area contributed by atoms with Crippen LogP contribution in [0, 0.1) is 0 Å². The molecule has 0 unspecified atom stereocenters. The average molecular weight is 332 g/mol. The zero-order valence-corrected chi connectivity index (χ0v) is 13.0. The van der Waals surface area contributed by atoms with Crippen molar-refractivity contribution >= 4 is 20.9 Å². The van der Waals surface area contributed by atoms with E-state index < -0.39 is 16.1 Å². The first kappa shape index (κ1) is 15.7. The Balaban J connectivity index is 1.85. The highest BCUT2D eigenvalue weighted by molar-refractivity contribution is 7.88. The molecular formula is C16H16N2O4S. The second-order valence-electron chi connectivity index (χ2n) is 5.12. The summed E-state index contributed by atoms with van der Waals surface area (Å²) in [5.41, 5.74) is 1.26. The number of sulfonamides is 1. The van der Waals surface area contributed by atoms with Crippen molar-refractivity contribution in [2.45, 2.75) is 11.8 Å². The molecule has 0 saturated carbocycles. The van der Waals surface area contributed by atoms with Crippen molar-refractivity contribution in [1.29, 1.82) is 0 Å². The summed E-state index contributed by atoms with van der Waals surface area (Å²) >= 11 is 0. The van der Waals surface area contributed by atoms with Crippen molar-refractivity contribution in [3.63, 3.8) is 0 Å². The fourth-order valence-electron chi connectivity index (χ4n) is 2.42. The normalized spacial score (nSPS) is 13.3. The number of aliphatic hydroxyl groups is 1. The summed E-state index contributed by atoms with van der Waals surface area (Å²) in [6.45, 7) is -0.388. The number of rotatable bonds is 6. The van der Waals surface area contributed by atoms with Crippen LogP contribution < -0.4 is 4.72 Å². The maximum absolute atomic E-state index is 12.4. The predicted molar refractivity (Wildman–Crippen MR) is 86.0 cm³/mol. The van der Waals surface area contributed by atoms with Crippen molar-refractivity contribution < 1.29 is 17.9 Å². The van der Waals surface area contributed by atoms with Gasteiger partial charge in [0.05, 0.1) is 24.1 Å².